The van der Waals surface area contributed by atoms with Gasteiger partial charge in [0.05, 0.1) is 12.5 Å². The van der Waals surface area contributed by atoms with E-state index >= 15 is 0 Å². The molecule has 11 nitrogen and oxygen atoms in total. The van der Waals surface area contributed by atoms with E-state index in [2.05, 4.69) is 16.0 Å². The van der Waals surface area contributed by atoms with Crippen LogP contribution in [0, 0.1) is 5.92 Å². The van der Waals surface area contributed by atoms with Gasteiger partial charge in [-0.05, 0) is 19.8 Å². The molecule has 148 valence electrons. The average molecular weight is 373 g/mol. The number of nitrogens with two attached hydrogens (primary N) is 2. The van der Waals surface area contributed by atoms with Gasteiger partial charge in [0.1, 0.15) is 18.1 Å². The lowest BCUT2D eigenvalue weighted by Gasteiger charge is -2.25. The minimum Gasteiger partial charge on any atom is -0.480 e. The lowest BCUT2D eigenvalue weighted by Crippen LogP contribution is -2.57. The van der Waals surface area contributed by atoms with Crippen molar-refractivity contribution in [3.8, 4) is 0 Å². The standard InChI is InChI=1S/C15H27N5O6/c1-6(2)11(20-13(23)9(16)5-10(17)21)14(24)18-7(3)12(22)19-8(4)15(25)26/h6-9,11H,5,16H2,1-4H3,(H2,17,21)(H,18,24)(H,19,22)(H,20,23)(H,25,26). The molecule has 0 radical (unpaired) electrons. The van der Waals surface area contributed by atoms with Crippen LogP contribution in [0.3, 0.4) is 0 Å². The second-order valence-electron chi connectivity index (χ2n) is 6.31. The third-order valence-corrected chi connectivity index (χ3v) is 3.49. The van der Waals surface area contributed by atoms with E-state index in [0.29, 0.717) is 0 Å². The third kappa shape index (κ3) is 7.92. The Morgan fingerprint density at radius 1 is 0.846 bits per heavy atom. The number of carboxylic acid groups (broad SMARTS) is 1. The Morgan fingerprint density at radius 3 is 1.77 bits per heavy atom. The third-order valence-electron chi connectivity index (χ3n) is 3.49. The molecule has 0 aromatic heterocycles. The molecular formula is C15H27N5O6. The van der Waals surface area contributed by atoms with Crippen molar-refractivity contribution in [1.82, 2.24) is 16.0 Å². The zero-order valence-corrected chi connectivity index (χ0v) is 15.2. The number of hydrogen-bond donors (Lipinski definition) is 6. The molecule has 0 spiro atoms. The second-order valence-corrected chi connectivity index (χ2v) is 6.31. The Balaban J connectivity index is 4.87. The fourth-order valence-corrected chi connectivity index (χ4v) is 1.87. The first-order valence-corrected chi connectivity index (χ1v) is 8.04. The van der Waals surface area contributed by atoms with Crippen LogP contribution >= 0.6 is 0 Å². The van der Waals surface area contributed by atoms with Gasteiger partial charge in [0.2, 0.25) is 23.6 Å². The summed E-state index contributed by atoms with van der Waals surface area (Å²) in [5, 5.41) is 15.8. The van der Waals surface area contributed by atoms with Gasteiger partial charge < -0.3 is 32.5 Å². The van der Waals surface area contributed by atoms with Crippen LogP contribution < -0.4 is 27.4 Å². The highest BCUT2D eigenvalue weighted by Gasteiger charge is 2.29. The number of rotatable bonds is 10. The molecule has 8 N–H and O–H groups in total. The molecule has 26 heavy (non-hydrogen) atoms. The molecule has 0 aromatic carbocycles. The molecule has 0 saturated heterocycles. The molecule has 0 aliphatic heterocycles. The van der Waals surface area contributed by atoms with Crippen LogP contribution in [0.15, 0.2) is 0 Å². The van der Waals surface area contributed by atoms with Gasteiger partial charge >= 0.3 is 5.97 Å². The number of nitrogens with one attached hydrogen (secondary N) is 3. The van der Waals surface area contributed by atoms with Crippen molar-refractivity contribution >= 4 is 29.6 Å². The molecule has 0 saturated carbocycles. The van der Waals surface area contributed by atoms with Crippen molar-refractivity contribution in [2.24, 2.45) is 17.4 Å². The van der Waals surface area contributed by atoms with Crippen molar-refractivity contribution in [2.45, 2.75) is 58.3 Å². The van der Waals surface area contributed by atoms with Gasteiger partial charge in [-0.1, -0.05) is 13.8 Å². The maximum Gasteiger partial charge on any atom is 0.325 e. The van der Waals surface area contributed by atoms with Crippen LogP contribution in [0.5, 0.6) is 0 Å². The minimum absolute atomic E-state index is 0.340. The van der Waals surface area contributed by atoms with E-state index in [1.807, 2.05) is 0 Å². The number of aliphatic carboxylic acids is 1. The summed E-state index contributed by atoms with van der Waals surface area (Å²) in [7, 11) is 0. The zero-order valence-electron chi connectivity index (χ0n) is 15.2. The first kappa shape index (κ1) is 23.3. The molecule has 0 fully saturated rings. The Bertz CT molecular complexity index is 565. The lowest BCUT2D eigenvalue weighted by molar-refractivity contribution is -0.141. The predicted octanol–water partition coefficient (Wildman–Crippen LogP) is -2.58. The predicted molar refractivity (Wildman–Crippen MR) is 91.4 cm³/mol. The highest BCUT2D eigenvalue weighted by atomic mass is 16.4. The molecule has 0 aromatic rings. The zero-order chi connectivity index (χ0) is 20.6. The van der Waals surface area contributed by atoms with E-state index in [1.165, 1.54) is 13.8 Å². The van der Waals surface area contributed by atoms with Crippen LogP contribution in [0.25, 0.3) is 0 Å². The number of carbonyl (C=O) groups is 5. The Kier molecular flexibility index (Phi) is 9.27. The summed E-state index contributed by atoms with van der Waals surface area (Å²) < 4.78 is 0. The molecule has 4 atom stereocenters. The molecule has 11 heteroatoms. The van der Waals surface area contributed by atoms with Crippen LogP contribution in [-0.4, -0.2) is 58.9 Å². The first-order valence-electron chi connectivity index (χ1n) is 8.04. The summed E-state index contributed by atoms with van der Waals surface area (Å²) in [6.07, 6.45) is -0.371. The van der Waals surface area contributed by atoms with E-state index in [-0.39, 0.29) is 12.3 Å². The van der Waals surface area contributed by atoms with Crippen LogP contribution in [-0.2, 0) is 24.0 Å². The van der Waals surface area contributed by atoms with Crippen LogP contribution in [0.2, 0.25) is 0 Å². The van der Waals surface area contributed by atoms with Gasteiger partial charge in [0.15, 0.2) is 0 Å². The smallest absolute Gasteiger partial charge is 0.325 e. The van der Waals surface area contributed by atoms with Crippen molar-refractivity contribution in [3.63, 3.8) is 0 Å². The van der Waals surface area contributed by atoms with Crippen LogP contribution in [0.4, 0.5) is 0 Å². The topological polar surface area (TPSA) is 194 Å². The quantitative estimate of drug-likeness (QED) is 0.242. The van der Waals surface area contributed by atoms with E-state index in [1.54, 1.807) is 13.8 Å². The highest BCUT2D eigenvalue weighted by molar-refractivity contribution is 5.94. The SMILES string of the molecule is CC(NC(=O)C(C)NC(=O)C(NC(=O)C(N)CC(N)=O)C(C)C)C(=O)O. The summed E-state index contributed by atoms with van der Waals surface area (Å²) in [6.45, 7) is 5.99. The average Bonchev–Trinajstić information content (AvgIpc) is 2.50. The Hall–Kier alpha value is -2.69. The molecule has 0 rings (SSSR count). The summed E-state index contributed by atoms with van der Waals surface area (Å²) in [6, 6.07) is -4.34. The number of carboxylic acids is 1. The Labute approximate surface area is 151 Å². The lowest BCUT2D eigenvalue weighted by atomic mass is 10.0. The summed E-state index contributed by atoms with van der Waals surface area (Å²) in [5.41, 5.74) is 10.5. The number of primary amides is 1. The van der Waals surface area contributed by atoms with Crippen molar-refractivity contribution in [3.05, 3.63) is 0 Å². The van der Waals surface area contributed by atoms with Crippen molar-refractivity contribution in [1.29, 1.82) is 0 Å². The van der Waals surface area contributed by atoms with Crippen molar-refractivity contribution < 1.29 is 29.1 Å². The summed E-state index contributed by atoms with van der Waals surface area (Å²) >= 11 is 0. The van der Waals surface area contributed by atoms with E-state index in [0.717, 1.165) is 0 Å². The normalized spacial score (nSPS) is 15.3. The Morgan fingerprint density at radius 2 is 1.35 bits per heavy atom. The molecule has 0 heterocycles. The monoisotopic (exact) mass is 373 g/mol. The highest BCUT2D eigenvalue weighted by Crippen LogP contribution is 2.04. The van der Waals surface area contributed by atoms with Gasteiger partial charge in [-0.15, -0.1) is 0 Å². The molecule has 0 bridgehead atoms. The molecule has 4 amide bonds. The fraction of sp³-hybridized carbons (Fsp3) is 0.667. The first-order chi connectivity index (χ1) is 11.9. The van der Waals surface area contributed by atoms with E-state index in [4.69, 9.17) is 16.6 Å². The van der Waals surface area contributed by atoms with E-state index in [9.17, 15) is 24.0 Å². The minimum atomic E-state index is -1.22. The summed E-state index contributed by atoms with van der Waals surface area (Å²) in [5.74, 6) is -4.37. The summed E-state index contributed by atoms with van der Waals surface area (Å²) in [4.78, 5) is 57.8. The van der Waals surface area contributed by atoms with Crippen molar-refractivity contribution in [2.75, 3.05) is 0 Å². The van der Waals surface area contributed by atoms with Gasteiger partial charge in [-0.2, -0.15) is 0 Å². The number of amides is 4. The van der Waals surface area contributed by atoms with Gasteiger partial charge in [0, 0.05) is 0 Å². The number of hydrogen-bond acceptors (Lipinski definition) is 6. The second kappa shape index (κ2) is 10.3. The molecule has 0 aliphatic carbocycles. The number of carbonyl (C=O) groups excluding carboxylic acids is 4. The van der Waals surface area contributed by atoms with Crippen LogP contribution in [0.1, 0.15) is 34.1 Å². The van der Waals surface area contributed by atoms with Gasteiger partial charge in [0.25, 0.3) is 0 Å². The van der Waals surface area contributed by atoms with Gasteiger partial charge in [-0.25, -0.2) is 0 Å². The fourth-order valence-electron chi connectivity index (χ4n) is 1.87. The maximum absolute atomic E-state index is 12.3. The molecular weight excluding hydrogens is 346 g/mol. The van der Waals surface area contributed by atoms with Gasteiger partial charge in [-0.3, -0.25) is 24.0 Å². The largest absolute Gasteiger partial charge is 0.480 e. The molecule has 0 aliphatic rings. The maximum atomic E-state index is 12.3. The molecule has 4 unspecified atom stereocenters. The van der Waals surface area contributed by atoms with E-state index < -0.39 is 53.8 Å².